The van der Waals surface area contributed by atoms with Crippen LogP contribution < -0.4 is 0 Å². The van der Waals surface area contributed by atoms with Gasteiger partial charge in [-0.2, -0.15) is 0 Å². The van der Waals surface area contributed by atoms with Gasteiger partial charge in [-0.1, -0.05) is 26.7 Å². The minimum absolute atomic E-state index is 0.149. The summed E-state index contributed by atoms with van der Waals surface area (Å²) in [6.45, 7) is 6.00. The zero-order valence-electron chi connectivity index (χ0n) is 7.56. The highest BCUT2D eigenvalue weighted by atomic mass is 16.8. The van der Waals surface area contributed by atoms with E-state index in [1.54, 1.807) is 0 Å². The second-order valence-electron chi connectivity index (χ2n) is 3.15. The van der Waals surface area contributed by atoms with Crippen molar-refractivity contribution in [3.63, 3.8) is 0 Å². The SMILES string of the molecule is CCCCOC1(CCC)CO1. The summed E-state index contributed by atoms with van der Waals surface area (Å²) in [7, 11) is 0. The summed E-state index contributed by atoms with van der Waals surface area (Å²) >= 11 is 0. The summed E-state index contributed by atoms with van der Waals surface area (Å²) in [5, 5.41) is 0. The van der Waals surface area contributed by atoms with Crippen LogP contribution in [-0.4, -0.2) is 19.0 Å². The number of unbranched alkanes of at least 4 members (excludes halogenated alkanes) is 1. The van der Waals surface area contributed by atoms with E-state index in [2.05, 4.69) is 13.8 Å². The third-order valence-corrected chi connectivity index (χ3v) is 1.96. The lowest BCUT2D eigenvalue weighted by molar-refractivity contribution is -0.0499. The Hall–Kier alpha value is -0.0800. The molecule has 0 aromatic rings. The molecule has 1 fully saturated rings. The summed E-state index contributed by atoms with van der Waals surface area (Å²) in [4.78, 5) is 0. The Morgan fingerprint density at radius 3 is 2.55 bits per heavy atom. The van der Waals surface area contributed by atoms with Gasteiger partial charge in [0.25, 0.3) is 0 Å². The van der Waals surface area contributed by atoms with Crippen molar-refractivity contribution < 1.29 is 9.47 Å². The summed E-state index contributed by atoms with van der Waals surface area (Å²) < 4.78 is 10.9. The predicted molar refractivity (Wildman–Crippen MR) is 44.5 cm³/mol. The second kappa shape index (κ2) is 4.07. The molecule has 0 aromatic heterocycles. The first-order valence-corrected chi connectivity index (χ1v) is 4.61. The van der Waals surface area contributed by atoms with E-state index in [-0.39, 0.29) is 5.79 Å². The van der Waals surface area contributed by atoms with E-state index in [4.69, 9.17) is 9.47 Å². The van der Waals surface area contributed by atoms with Crippen molar-refractivity contribution in [1.29, 1.82) is 0 Å². The van der Waals surface area contributed by atoms with Crippen molar-refractivity contribution in [3.8, 4) is 0 Å². The standard InChI is InChI=1S/C9H18O2/c1-3-5-7-10-9(6-4-2)8-11-9/h3-8H2,1-2H3. The summed E-state index contributed by atoms with van der Waals surface area (Å²) in [5.41, 5.74) is 0. The fourth-order valence-corrected chi connectivity index (χ4v) is 1.16. The number of rotatable bonds is 6. The molecule has 11 heavy (non-hydrogen) atoms. The van der Waals surface area contributed by atoms with Gasteiger partial charge in [0, 0.05) is 6.42 Å². The molecule has 1 rings (SSSR count). The molecule has 0 saturated carbocycles. The molecule has 0 aliphatic carbocycles. The van der Waals surface area contributed by atoms with Crippen molar-refractivity contribution in [2.75, 3.05) is 13.2 Å². The van der Waals surface area contributed by atoms with Gasteiger partial charge in [0.1, 0.15) is 6.61 Å². The van der Waals surface area contributed by atoms with Crippen LogP contribution in [0.1, 0.15) is 39.5 Å². The van der Waals surface area contributed by atoms with Gasteiger partial charge in [-0.15, -0.1) is 0 Å². The van der Waals surface area contributed by atoms with E-state index in [0.29, 0.717) is 0 Å². The van der Waals surface area contributed by atoms with Crippen LogP contribution in [0.25, 0.3) is 0 Å². The normalized spacial score (nSPS) is 28.9. The minimum atomic E-state index is -0.149. The quantitative estimate of drug-likeness (QED) is 0.437. The molecule has 0 amide bonds. The van der Waals surface area contributed by atoms with Gasteiger partial charge in [0.05, 0.1) is 6.61 Å². The van der Waals surface area contributed by atoms with Gasteiger partial charge in [-0.25, -0.2) is 0 Å². The zero-order chi connectivity index (χ0) is 8.16. The summed E-state index contributed by atoms with van der Waals surface area (Å²) in [6.07, 6.45) is 4.54. The molecule has 0 aromatic carbocycles. The van der Waals surface area contributed by atoms with Gasteiger partial charge in [-0.05, 0) is 6.42 Å². The lowest BCUT2D eigenvalue weighted by Crippen LogP contribution is -2.16. The molecule has 0 bridgehead atoms. The van der Waals surface area contributed by atoms with E-state index in [1.165, 1.54) is 6.42 Å². The molecule has 1 unspecified atom stereocenters. The fraction of sp³-hybridized carbons (Fsp3) is 1.00. The number of ether oxygens (including phenoxy) is 2. The molecule has 1 atom stereocenters. The number of hydrogen-bond acceptors (Lipinski definition) is 2. The Bertz CT molecular complexity index is 108. The van der Waals surface area contributed by atoms with Crippen LogP contribution in [0.4, 0.5) is 0 Å². The lowest BCUT2D eigenvalue weighted by Gasteiger charge is -2.10. The van der Waals surface area contributed by atoms with Crippen molar-refractivity contribution in [2.24, 2.45) is 0 Å². The molecule has 1 saturated heterocycles. The summed E-state index contributed by atoms with van der Waals surface area (Å²) in [6, 6.07) is 0. The van der Waals surface area contributed by atoms with Crippen molar-refractivity contribution >= 4 is 0 Å². The van der Waals surface area contributed by atoms with Crippen LogP contribution in [0, 0.1) is 0 Å². The minimum Gasteiger partial charge on any atom is -0.348 e. The first-order valence-electron chi connectivity index (χ1n) is 4.61. The maximum Gasteiger partial charge on any atom is 0.192 e. The van der Waals surface area contributed by atoms with Gasteiger partial charge in [-0.3, -0.25) is 0 Å². The van der Waals surface area contributed by atoms with Crippen LogP contribution in [0.5, 0.6) is 0 Å². The molecule has 66 valence electrons. The van der Waals surface area contributed by atoms with Crippen LogP contribution in [0.3, 0.4) is 0 Å². The molecule has 2 heteroatoms. The van der Waals surface area contributed by atoms with E-state index in [1.807, 2.05) is 0 Å². The topological polar surface area (TPSA) is 21.8 Å². The predicted octanol–water partition coefficient (Wildman–Crippen LogP) is 2.33. The Balaban J connectivity index is 2.04. The number of hydrogen-bond donors (Lipinski definition) is 0. The van der Waals surface area contributed by atoms with E-state index >= 15 is 0 Å². The Morgan fingerprint density at radius 1 is 1.36 bits per heavy atom. The maximum absolute atomic E-state index is 5.60. The van der Waals surface area contributed by atoms with Crippen LogP contribution in [0.2, 0.25) is 0 Å². The molecule has 1 heterocycles. The Labute approximate surface area is 68.9 Å². The van der Waals surface area contributed by atoms with Gasteiger partial charge in [0.2, 0.25) is 0 Å². The van der Waals surface area contributed by atoms with Crippen molar-refractivity contribution in [3.05, 3.63) is 0 Å². The smallest absolute Gasteiger partial charge is 0.192 e. The molecular formula is C9H18O2. The highest BCUT2D eigenvalue weighted by molar-refractivity contribution is 4.80. The third kappa shape index (κ3) is 2.80. The van der Waals surface area contributed by atoms with E-state index < -0.39 is 0 Å². The van der Waals surface area contributed by atoms with Crippen LogP contribution in [0.15, 0.2) is 0 Å². The van der Waals surface area contributed by atoms with Gasteiger partial charge >= 0.3 is 0 Å². The lowest BCUT2D eigenvalue weighted by atomic mass is 10.2. The van der Waals surface area contributed by atoms with Gasteiger partial charge in [0.15, 0.2) is 5.79 Å². The summed E-state index contributed by atoms with van der Waals surface area (Å²) in [5.74, 6) is -0.149. The molecule has 0 radical (unpaired) electrons. The largest absolute Gasteiger partial charge is 0.348 e. The Morgan fingerprint density at radius 2 is 2.09 bits per heavy atom. The van der Waals surface area contributed by atoms with Crippen molar-refractivity contribution in [1.82, 2.24) is 0 Å². The fourth-order valence-electron chi connectivity index (χ4n) is 1.16. The molecule has 0 spiro atoms. The highest BCUT2D eigenvalue weighted by Crippen LogP contribution is 2.33. The maximum atomic E-state index is 5.60. The zero-order valence-corrected chi connectivity index (χ0v) is 7.56. The van der Waals surface area contributed by atoms with Crippen LogP contribution >= 0.6 is 0 Å². The van der Waals surface area contributed by atoms with E-state index in [9.17, 15) is 0 Å². The average molecular weight is 158 g/mol. The molecule has 0 N–H and O–H groups in total. The van der Waals surface area contributed by atoms with Gasteiger partial charge < -0.3 is 9.47 Å². The number of epoxide rings is 1. The first kappa shape index (κ1) is 9.01. The second-order valence-corrected chi connectivity index (χ2v) is 3.15. The molecule has 2 nitrogen and oxygen atoms in total. The highest BCUT2D eigenvalue weighted by Gasteiger charge is 2.44. The average Bonchev–Trinajstić information content (AvgIpc) is 2.71. The third-order valence-electron chi connectivity index (χ3n) is 1.96. The molecule has 1 aliphatic rings. The van der Waals surface area contributed by atoms with Crippen molar-refractivity contribution in [2.45, 2.75) is 45.3 Å². The molecular weight excluding hydrogens is 140 g/mol. The van der Waals surface area contributed by atoms with E-state index in [0.717, 1.165) is 32.5 Å². The first-order chi connectivity index (χ1) is 5.33. The van der Waals surface area contributed by atoms with Crippen LogP contribution in [-0.2, 0) is 9.47 Å². The monoisotopic (exact) mass is 158 g/mol. The molecule has 1 aliphatic heterocycles. The Kier molecular flexibility index (Phi) is 3.34.